The second-order valence-corrected chi connectivity index (χ2v) is 5.00. The molecule has 1 aromatic carbocycles. The molecule has 1 aliphatic heterocycles. The van der Waals surface area contributed by atoms with Crippen LogP contribution in [-0.2, 0) is 4.79 Å². The predicted molar refractivity (Wildman–Crippen MR) is 72.4 cm³/mol. The molecule has 1 heterocycles. The van der Waals surface area contributed by atoms with Crippen molar-refractivity contribution in [2.24, 2.45) is 0 Å². The lowest BCUT2D eigenvalue weighted by molar-refractivity contribution is -0.130. The highest BCUT2D eigenvalue weighted by molar-refractivity contribution is 9.09. The smallest absolute Gasteiger partial charge is 0.223 e. The van der Waals surface area contributed by atoms with Crippen LogP contribution < -0.4 is 9.47 Å². The number of halogens is 1. The molecule has 1 atom stereocenters. The molecule has 0 saturated carbocycles. The summed E-state index contributed by atoms with van der Waals surface area (Å²) in [7, 11) is 1.79. The molecule has 0 aliphatic carbocycles. The number of fused-ring (bicyclic) bond motifs is 1. The van der Waals surface area contributed by atoms with Gasteiger partial charge in [-0.05, 0) is 12.1 Å². The number of carbonyl (C=O) groups excluding carboxylic acids is 1. The van der Waals surface area contributed by atoms with Crippen molar-refractivity contribution in [3.8, 4) is 11.5 Å². The van der Waals surface area contributed by atoms with Crippen LogP contribution in [0.1, 0.15) is 6.42 Å². The zero-order valence-electron chi connectivity index (χ0n) is 10.3. The molecule has 1 amide bonds. The third-order valence-electron chi connectivity index (χ3n) is 2.78. The predicted octanol–water partition coefficient (Wildman–Crippen LogP) is 2.07. The van der Waals surface area contributed by atoms with E-state index in [1.54, 1.807) is 11.9 Å². The van der Waals surface area contributed by atoms with Crippen LogP contribution in [0.4, 0.5) is 0 Å². The maximum absolute atomic E-state index is 11.7. The van der Waals surface area contributed by atoms with Crippen LogP contribution in [0.15, 0.2) is 24.3 Å². The molecule has 4 nitrogen and oxygen atoms in total. The molecule has 0 fully saturated rings. The van der Waals surface area contributed by atoms with Crippen molar-refractivity contribution in [2.45, 2.75) is 12.5 Å². The number of carbonyl (C=O) groups is 1. The fourth-order valence-corrected chi connectivity index (χ4v) is 2.17. The van der Waals surface area contributed by atoms with Gasteiger partial charge in [-0.2, -0.15) is 0 Å². The lowest BCUT2D eigenvalue weighted by Crippen LogP contribution is -2.41. The highest BCUT2D eigenvalue weighted by Crippen LogP contribution is 2.30. The number of hydrogen-bond donors (Lipinski definition) is 0. The van der Waals surface area contributed by atoms with Crippen molar-refractivity contribution < 1.29 is 14.3 Å². The first-order valence-electron chi connectivity index (χ1n) is 5.89. The second-order valence-electron chi connectivity index (χ2n) is 4.21. The lowest BCUT2D eigenvalue weighted by atomic mass is 10.2. The molecule has 1 unspecified atom stereocenters. The Morgan fingerprint density at radius 3 is 2.89 bits per heavy atom. The van der Waals surface area contributed by atoms with Crippen molar-refractivity contribution in [1.82, 2.24) is 4.90 Å². The lowest BCUT2D eigenvalue weighted by Gasteiger charge is -2.29. The fraction of sp³-hybridized carbons (Fsp3) is 0.462. The van der Waals surface area contributed by atoms with E-state index in [0.29, 0.717) is 24.9 Å². The summed E-state index contributed by atoms with van der Waals surface area (Å²) in [5, 5.41) is 0.682. The zero-order valence-corrected chi connectivity index (χ0v) is 11.9. The van der Waals surface area contributed by atoms with Gasteiger partial charge >= 0.3 is 0 Å². The Kier molecular flexibility index (Phi) is 4.47. The average molecular weight is 314 g/mol. The second kappa shape index (κ2) is 6.09. The van der Waals surface area contributed by atoms with Crippen LogP contribution in [0, 0.1) is 0 Å². The van der Waals surface area contributed by atoms with Crippen LogP contribution in [0.3, 0.4) is 0 Å². The quantitative estimate of drug-likeness (QED) is 0.799. The summed E-state index contributed by atoms with van der Waals surface area (Å²) in [6.07, 6.45) is 0.393. The molecule has 0 radical (unpaired) electrons. The van der Waals surface area contributed by atoms with Crippen molar-refractivity contribution in [3.63, 3.8) is 0 Å². The minimum absolute atomic E-state index is 0.106. The third-order valence-corrected chi connectivity index (χ3v) is 3.18. The summed E-state index contributed by atoms with van der Waals surface area (Å²) in [4.78, 5) is 13.3. The maximum Gasteiger partial charge on any atom is 0.223 e. The van der Waals surface area contributed by atoms with Crippen LogP contribution in [0.5, 0.6) is 11.5 Å². The number of likely N-dealkylation sites (N-methyl/N-ethyl adjacent to an activating group) is 1. The number of rotatable bonds is 4. The Morgan fingerprint density at radius 1 is 1.44 bits per heavy atom. The molecule has 98 valence electrons. The van der Waals surface area contributed by atoms with Crippen molar-refractivity contribution in [1.29, 1.82) is 0 Å². The number of benzene rings is 1. The molecule has 0 aromatic heterocycles. The molecule has 0 spiro atoms. The van der Waals surface area contributed by atoms with Crippen molar-refractivity contribution >= 4 is 21.8 Å². The Hall–Kier alpha value is -1.23. The van der Waals surface area contributed by atoms with Crippen LogP contribution in [-0.4, -0.2) is 42.4 Å². The van der Waals surface area contributed by atoms with Gasteiger partial charge in [0, 0.05) is 18.8 Å². The molecule has 5 heteroatoms. The Bertz CT molecular complexity index is 424. The summed E-state index contributed by atoms with van der Waals surface area (Å²) >= 11 is 3.26. The van der Waals surface area contributed by atoms with Gasteiger partial charge in [-0.3, -0.25) is 4.79 Å². The van der Waals surface area contributed by atoms with Gasteiger partial charge in [0.15, 0.2) is 17.6 Å². The minimum atomic E-state index is -0.107. The van der Waals surface area contributed by atoms with Gasteiger partial charge in [0.2, 0.25) is 5.91 Å². The molecular formula is C13H16BrNO3. The first-order chi connectivity index (χ1) is 8.70. The number of hydrogen-bond acceptors (Lipinski definition) is 3. The minimum Gasteiger partial charge on any atom is -0.486 e. The Labute approximate surface area is 115 Å². The summed E-state index contributed by atoms with van der Waals surface area (Å²) in [5.41, 5.74) is 0. The van der Waals surface area contributed by atoms with Gasteiger partial charge in [0.05, 0.1) is 6.54 Å². The number of amides is 1. The molecule has 1 aliphatic rings. The fourth-order valence-electron chi connectivity index (χ4n) is 1.83. The average Bonchev–Trinajstić information content (AvgIpc) is 2.39. The van der Waals surface area contributed by atoms with E-state index in [9.17, 15) is 4.79 Å². The molecular weight excluding hydrogens is 298 g/mol. The highest BCUT2D eigenvalue weighted by Gasteiger charge is 2.23. The SMILES string of the molecule is CN(CC1COc2ccccc2O1)C(=O)CCBr. The molecule has 18 heavy (non-hydrogen) atoms. The van der Waals surface area contributed by atoms with Crippen molar-refractivity contribution in [2.75, 3.05) is 25.5 Å². The van der Waals surface area contributed by atoms with E-state index in [-0.39, 0.29) is 12.0 Å². The largest absolute Gasteiger partial charge is 0.486 e. The monoisotopic (exact) mass is 313 g/mol. The van der Waals surface area contributed by atoms with Gasteiger partial charge in [0.1, 0.15) is 6.61 Å². The van der Waals surface area contributed by atoms with Gasteiger partial charge < -0.3 is 14.4 Å². The first-order valence-corrected chi connectivity index (χ1v) is 7.01. The Morgan fingerprint density at radius 2 is 2.17 bits per heavy atom. The molecule has 1 aromatic rings. The highest BCUT2D eigenvalue weighted by atomic mass is 79.9. The van der Waals surface area contributed by atoms with Gasteiger partial charge in [-0.1, -0.05) is 28.1 Å². The number of ether oxygens (including phenoxy) is 2. The molecule has 2 rings (SSSR count). The topological polar surface area (TPSA) is 38.8 Å². The number of nitrogens with zero attached hydrogens (tertiary/aromatic N) is 1. The molecule has 0 saturated heterocycles. The standard InChI is InChI=1S/C13H16BrNO3/c1-15(13(16)6-7-14)8-10-9-17-11-4-2-3-5-12(11)18-10/h2-5,10H,6-9H2,1H3. The van der Waals surface area contributed by atoms with E-state index in [0.717, 1.165) is 11.5 Å². The van der Waals surface area contributed by atoms with E-state index < -0.39 is 0 Å². The maximum atomic E-state index is 11.7. The van der Waals surface area contributed by atoms with E-state index >= 15 is 0 Å². The first kappa shape index (κ1) is 13.2. The Balaban J connectivity index is 1.91. The van der Waals surface area contributed by atoms with E-state index in [4.69, 9.17) is 9.47 Å². The van der Waals surface area contributed by atoms with Gasteiger partial charge in [-0.15, -0.1) is 0 Å². The number of para-hydroxylation sites is 2. The van der Waals surface area contributed by atoms with Gasteiger partial charge in [0.25, 0.3) is 0 Å². The van der Waals surface area contributed by atoms with Crippen LogP contribution in [0.2, 0.25) is 0 Å². The third kappa shape index (κ3) is 3.16. The summed E-state index contributed by atoms with van der Waals surface area (Å²) in [6, 6.07) is 7.57. The van der Waals surface area contributed by atoms with E-state index in [1.165, 1.54) is 0 Å². The summed E-state index contributed by atoms with van der Waals surface area (Å²) < 4.78 is 11.4. The van der Waals surface area contributed by atoms with Gasteiger partial charge in [-0.25, -0.2) is 0 Å². The van der Waals surface area contributed by atoms with Crippen LogP contribution >= 0.6 is 15.9 Å². The zero-order chi connectivity index (χ0) is 13.0. The summed E-state index contributed by atoms with van der Waals surface area (Å²) in [5.74, 6) is 1.62. The molecule has 0 bridgehead atoms. The normalized spacial score (nSPS) is 17.3. The molecule has 0 N–H and O–H groups in total. The van der Waals surface area contributed by atoms with E-state index in [2.05, 4.69) is 15.9 Å². The van der Waals surface area contributed by atoms with Crippen LogP contribution in [0.25, 0.3) is 0 Å². The van der Waals surface area contributed by atoms with Crippen molar-refractivity contribution in [3.05, 3.63) is 24.3 Å². The number of alkyl halides is 1. The summed E-state index contributed by atoms with van der Waals surface area (Å²) in [6.45, 7) is 1.02. The van der Waals surface area contributed by atoms with E-state index in [1.807, 2.05) is 24.3 Å².